The molecule has 0 aliphatic carbocycles. The van der Waals surface area contributed by atoms with Crippen molar-refractivity contribution in [1.29, 1.82) is 0 Å². The van der Waals surface area contributed by atoms with Gasteiger partial charge in [-0.2, -0.15) is 0 Å². The molecule has 3 fully saturated rings. The van der Waals surface area contributed by atoms with E-state index < -0.39 is 5.79 Å². The van der Waals surface area contributed by atoms with Gasteiger partial charge >= 0.3 is 5.97 Å². The maximum Gasteiger partial charge on any atom is 0.308 e. The van der Waals surface area contributed by atoms with Crippen LogP contribution in [0.15, 0.2) is 0 Å². The van der Waals surface area contributed by atoms with Crippen LogP contribution in [-0.2, 0) is 28.5 Å². The lowest BCUT2D eigenvalue weighted by Gasteiger charge is -2.16. The average molecular weight is 258 g/mol. The fraction of sp³-hybridized carbons (Fsp3) is 0.917. The second kappa shape index (κ2) is 4.16. The van der Waals surface area contributed by atoms with E-state index in [-0.39, 0.29) is 42.9 Å². The first-order chi connectivity index (χ1) is 8.50. The molecule has 0 unspecified atom stereocenters. The Bertz CT molecular complexity index is 350. The number of hydrogen-bond acceptors (Lipinski definition) is 6. The van der Waals surface area contributed by atoms with Crippen LogP contribution in [-0.4, -0.2) is 56.0 Å². The van der Waals surface area contributed by atoms with Crippen molar-refractivity contribution in [3.63, 3.8) is 0 Å². The fourth-order valence-electron chi connectivity index (χ4n) is 2.46. The van der Waals surface area contributed by atoms with Crippen molar-refractivity contribution in [2.75, 3.05) is 13.7 Å². The minimum absolute atomic E-state index is 0.0970. The summed E-state index contributed by atoms with van der Waals surface area (Å²) in [5.41, 5.74) is 0. The summed E-state index contributed by atoms with van der Waals surface area (Å²) in [6.07, 6.45) is -0.129. The van der Waals surface area contributed by atoms with E-state index in [1.165, 1.54) is 7.11 Å². The topological polar surface area (TPSA) is 69.8 Å². The van der Waals surface area contributed by atoms with E-state index in [4.69, 9.17) is 18.9 Å². The summed E-state index contributed by atoms with van der Waals surface area (Å²) in [5, 5.41) is 0. The molecule has 0 aromatic carbocycles. The van der Waals surface area contributed by atoms with Crippen LogP contribution in [0, 0.1) is 0 Å². The van der Waals surface area contributed by atoms with Crippen LogP contribution in [0.4, 0.5) is 0 Å². The number of carbonyl (C=O) groups excluding carboxylic acids is 1. The molecular weight excluding hydrogens is 240 g/mol. The zero-order valence-corrected chi connectivity index (χ0v) is 10.8. The molecule has 3 rings (SSSR count). The molecule has 6 nitrogen and oxygen atoms in total. The molecule has 0 radical (unpaired) electrons. The zero-order chi connectivity index (χ0) is 12.9. The third-order valence-corrected chi connectivity index (χ3v) is 3.43. The Kier molecular flexibility index (Phi) is 2.85. The highest BCUT2D eigenvalue weighted by atomic mass is 16.8. The Morgan fingerprint density at radius 1 is 1.28 bits per heavy atom. The molecule has 0 N–H and O–H groups in total. The summed E-state index contributed by atoms with van der Waals surface area (Å²) in [7, 11) is 1.37. The zero-order valence-electron chi connectivity index (χ0n) is 10.8. The van der Waals surface area contributed by atoms with E-state index >= 15 is 0 Å². The van der Waals surface area contributed by atoms with Crippen molar-refractivity contribution < 1.29 is 28.5 Å². The highest BCUT2D eigenvalue weighted by Crippen LogP contribution is 2.42. The van der Waals surface area contributed by atoms with Gasteiger partial charge in [0, 0.05) is 0 Å². The van der Waals surface area contributed by atoms with E-state index in [0.29, 0.717) is 6.61 Å². The van der Waals surface area contributed by atoms with E-state index in [9.17, 15) is 4.79 Å². The third kappa shape index (κ3) is 2.38. The number of ether oxygens (including phenoxy) is 5. The van der Waals surface area contributed by atoms with Crippen molar-refractivity contribution in [3.8, 4) is 0 Å². The highest BCUT2D eigenvalue weighted by molar-refractivity contribution is 5.70. The van der Waals surface area contributed by atoms with Gasteiger partial charge in [0.15, 0.2) is 5.79 Å². The number of carbonyl (C=O) groups is 1. The number of methoxy groups -OCH3 is 1. The van der Waals surface area contributed by atoms with Gasteiger partial charge in [-0.15, -0.1) is 0 Å². The largest absolute Gasteiger partial charge is 0.469 e. The predicted molar refractivity (Wildman–Crippen MR) is 58.9 cm³/mol. The first kappa shape index (κ1) is 12.3. The van der Waals surface area contributed by atoms with Gasteiger partial charge in [-0.05, 0) is 13.8 Å². The summed E-state index contributed by atoms with van der Waals surface area (Å²) < 4.78 is 27.1. The smallest absolute Gasteiger partial charge is 0.308 e. The predicted octanol–water partition coefficient (Wildman–Crippen LogP) is 0.236. The van der Waals surface area contributed by atoms with Gasteiger partial charge < -0.3 is 23.7 Å². The summed E-state index contributed by atoms with van der Waals surface area (Å²) in [4.78, 5) is 11.2. The summed E-state index contributed by atoms with van der Waals surface area (Å²) in [5.74, 6) is -0.886. The van der Waals surface area contributed by atoms with Gasteiger partial charge in [0.05, 0.1) is 26.2 Å². The lowest BCUT2D eigenvalue weighted by Crippen LogP contribution is -2.33. The first-order valence-corrected chi connectivity index (χ1v) is 6.20. The van der Waals surface area contributed by atoms with Crippen LogP contribution in [0.25, 0.3) is 0 Å². The molecule has 3 aliphatic heterocycles. The lowest BCUT2D eigenvalue weighted by atomic mass is 10.0. The Morgan fingerprint density at radius 2 is 1.94 bits per heavy atom. The molecule has 0 aromatic heterocycles. The van der Waals surface area contributed by atoms with E-state index in [2.05, 4.69) is 4.74 Å². The monoisotopic (exact) mass is 258 g/mol. The van der Waals surface area contributed by atoms with E-state index in [1.807, 2.05) is 13.8 Å². The SMILES string of the molecule is COC(=O)C[C@@H]1O[C@@H]1[C@H]1OC(C)(C)O[C@H]1[C@H]1CO1. The van der Waals surface area contributed by atoms with Gasteiger partial charge in [-0.3, -0.25) is 4.79 Å². The Hall–Kier alpha value is -0.690. The Morgan fingerprint density at radius 3 is 2.56 bits per heavy atom. The Labute approximate surface area is 105 Å². The number of hydrogen-bond donors (Lipinski definition) is 0. The standard InChI is InChI=1S/C12H18O6/c1-12(2)17-10(7-5-15-7)11(18-12)9-6(16-9)4-8(13)14-3/h6-7,9-11H,4-5H2,1-3H3/t6-,7+,9-,10-,11+/m0/s1. The molecule has 0 amide bonds. The third-order valence-electron chi connectivity index (χ3n) is 3.43. The molecule has 0 bridgehead atoms. The minimum atomic E-state index is -0.622. The van der Waals surface area contributed by atoms with Crippen molar-refractivity contribution in [2.24, 2.45) is 0 Å². The van der Waals surface area contributed by atoms with Crippen molar-refractivity contribution in [3.05, 3.63) is 0 Å². The van der Waals surface area contributed by atoms with Gasteiger partial charge in [0.2, 0.25) is 0 Å². The van der Waals surface area contributed by atoms with E-state index in [1.54, 1.807) is 0 Å². The maximum absolute atomic E-state index is 11.2. The molecule has 102 valence electrons. The quantitative estimate of drug-likeness (QED) is 0.531. The summed E-state index contributed by atoms with van der Waals surface area (Å²) >= 11 is 0. The highest BCUT2D eigenvalue weighted by Gasteiger charge is 2.59. The van der Waals surface area contributed by atoms with Gasteiger partial charge in [0.25, 0.3) is 0 Å². The first-order valence-electron chi connectivity index (χ1n) is 6.20. The molecule has 18 heavy (non-hydrogen) atoms. The maximum atomic E-state index is 11.2. The van der Waals surface area contributed by atoms with Crippen LogP contribution in [0.2, 0.25) is 0 Å². The second-order valence-corrected chi connectivity index (χ2v) is 5.36. The normalized spacial score (nSPS) is 44.7. The van der Waals surface area contributed by atoms with Gasteiger partial charge in [-0.25, -0.2) is 0 Å². The molecule has 6 heteroatoms. The second-order valence-electron chi connectivity index (χ2n) is 5.36. The van der Waals surface area contributed by atoms with Crippen LogP contribution >= 0.6 is 0 Å². The van der Waals surface area contributed by atoms with Gasteiger partial charge in [0.1, 0.15) is 24.4 Å². The van der Waals surface area contributed by atoms with Crippen molar-refractivity contribution in [1.82, 2.24) is 0 Å². The fourth-order valence-corrected chi connectivity index (χ4v) is 2.46. The summed E-state index contributed by atoms with van der Waals surface area (Å²) in [6.45, 7) is 4.45. The number of epoxide rings is 2. The molecule has 3 heterocycles. The lowest BCUT2D eigenvalue weighted by molar-refractivity contribution is -0.149. The minimum Gasteiger partial charge on any atom is -0.469 e. The average Bonchev–Trinajstić information content (AvgIpc) is 3.18. The van der Waals surface area contributed by atoms with Crippen LogP contribution in [0.5, 0.6) is 0 Å². The molecule has 0 spiro atoms. The molecule has 0 aromatic rings. The molecule has 0 saturated carbocycles. The number of esters is 1. The molecule has 3 saturated heterocycles. The molecule has 5 atom stereocenters. The van der Waals surface area contributed by atoms with Crippen molar-refractivity contribution in [2.45, 2.75) is 56.6 Å². The van der Waals surface area contributed by atoms with Crippen LogP contribution < -0.4 is 0 Å². The molecule has 3 aliphatic rings. The number of rotatable bonds is 4. The summed E-state index contributed by atoms with van der Waals surface area (Å²) in [6, 6.07) is 0. The van der Waals surface area contributed by atoms with Crippen molar-refractivity contribution >= 4 is 5.97 Å². The van der Waals surface area contributed by atoms with Crippen LogP contribution in [0.3, 0.4) is 0 Å². The molecular formula is C12H18O6. The Balaban J connectivity index is 1.60. The van der Waals surface area contributed by atoms with Gasteiger partial charge in [-0.1, -0.05) is 0 Å². The van der Waals surface area contributed by atoms with Crippen LogP contribution in [0.1, 0.15) is 20.3 Å². The van der Waals surface area contributed by atoms with E-state index in [0.717, 1.165) is 0 Å².